The lowest BCUT2D eigenvalue weighted by molar-refractivity contribution is 0.561. The van der Waals surface area contributed by atoms with E-state index in [1.165, 1.54) is 11.1 Å². The summed E-state index contributed by atoms with van der Waals surface area (Å²) in [6, 6.07) is 6.54. The lowest BCUT2D eigenvalue weighted by Crippen LogP contribution is -2.20. The molecule has 0 fully saturated rings. The molecule has 1 atom stereocenters. The quantitative estimate of drug-likeness (QED) is 0.813. The Morgan fingerprint density at radius 3 is 2.67 bits per heavy atom. The summed E-state index contributed by atoms with van der Waals surface area (Å²) in [4.78, 5) is 0. The third-order valence-electron chi connectivity index (χ3n) is 2.65. The molecular weight excluding hydrogens is 206 g/mol. The molecule has 1 rings (SSSR count). The summed E-state index contributed by atoms with van der Waals surface area (Å²) in [5.41, 5.74) is 8.40. The molecule has 2 heteroatoms. The van der Waals surface area contributed by atoms with Gasteiger partial charge in [0.05, 0.1) is 0 Å². The average molecular weight is 226 g/mol. The maximum Gasteiger partial charge on any atom is 0.0440 e. The number of hydrogen-bond acceptors (Lipinski definition) is 1. The normalized spacial score (nSPS) is 12.8. The van der Waals surface area contributed by atoms with Gasteiger partial charge in [0.1, 0.15) is 0 Å². The molecule has 1 aromatic rings. The van der Waals surface area contributed by atoms with Crippen LogP contribution in [0.25, 0.3) is 0 Å². The van der Waals surface area contributed by atoms with Crippen LogP contribution < -0.4 is 5.73 Å². The average Bonchev–Trinajstić information content (AvgIpc) is 2.17. The van der Waals surface area contributed by atoms with E-state index < -0.39 is 0 Å². The van der Waals surface area contributed by atoms with Crippen molar-refractivity contribution in [3.05, 3.63) is 34.3 Å². The minimum atomic E-state index is 0.312. The van der Waals surface area contributed by atoms with Crippen molar-refractivity contribution in [1.29, 1.82) is 0 Å². The van der Waals surface area contributed by atoms with Crippen LogP contribution in [0.15, 0.2) is 18.2 Å². The smallest absolute Gasteiger partial charge is 0.0440 e. The maximum absolute atomic E-state index is 6.15. The van der Waals surface area contributed by atoms with Gasteiger partial charge in [0, 0.05) is 11.1 Å². The first-order valence-corrected chi connectivity index (χ1v) is 6.02. The van der Waals surface area contributed by atoms with Gasteiger partial charge in [-0.25, -0.2) is 0 Å². The summed E-state index contributed by atoms with van der Waals surface area (Å²) >= 11 is 6.15. The van der Waals surface area contributed by atoms with E-state index in [4.69, 9.17) is 17.3 Å². The first-order chi connectivity index (χ1) is 7.13. The van der Waals surface area contributed by atoms with Crippen molar-refractivity contribution in [3.8, 4) is 0 Å². The Hall–Kier alpha value is -0.530. The molecule has 0 amide bonds. The molecule has 0 aliphatic heterocycles. The SMILES string of the molecule is CCCC(N)CCc1ccc(C)cc1Cl. The van der Waals surface area contributed by atoms with E-state index in [1.54, 1.807) is 0 Å². The molecule has 0 bridgehead atoms. The van der Waals surface area contributed by atoms with Crippen molar-refractivity contribution in [2.45, 2.75) is 45.6 Å². The number of rotatable bonds is 5. The van der Waals surface area contributed by atoms with Crippen molar-refractivity contribution < 1.29 is 0 Å². The molecule has 0 saturated carbocycles. The Labute approximate surface area is 97.6 Å². The van der Waals surface area contributed by atoms with Gasteiger partial charge in [0.25, 0.3) is 0 Å². The molecule has 1 unspecified atom stereocenters. The molecule has 0 aliphatic rings. The van der Waals surface area contributed by atoms with E-state index in [2.05, 4.69) is 26.0 Å². The van der Waals surface area contributed by atoms with Gasteiger partial charge < -0.3 is 5.73 Å². The summed E-state index contributed by atoms with van der Waals surface area (Å²) in [7, 11) is 0. The van der Waals surface area contributed by atoms with Crippen molar-refractivity contribution in [2.75, 3.05) is 0 Å². The minimum absolute atomic E-state index is 0.312. The maximum atomic E-state index is 6.15. The molecular formula is C13H20ClN. The van der Waals surface area contributed by atoms with E-state index >= 15 is 0 Å². The molecule has 1 nitrogen and oxygen atoms in total. The fourth-order valence-electron chi connectivity index (χ4n) is 1.71. The highest BCUT2D eigenvalue weighted by molar-refractivity contribution is 6.31. The van der Waals surface area contributed by atoms with Crippen molar-refractivity contribution in [1.82, 2.24) is 0 Å². The van der Waals surface area contributed by atoms with Crippen molar-refractivity contribution in [3.63, 3.8) is 0 Å². The van der Waals surface area contributed by atoms with Crippen LogP contribution in [0.1, 0.15) is 37.3 Å². The van der Waals surface area contributed by atoms with E-state index in [0.29, 0.717) is 6.04 Å². The fourth-order valence-corrected chi connectivity index (χ4v) is 2.04. The Balaban J connectivity index is 2.50. The van der Waals surface area contributed by atoms with Crippen molar-refractivity contribution in [2.24, 2.45) is 5.73 Å². The first-order valence-electron chi connectivity index (χ1n) is 5.64. The Kier molecular flexibility index (Phi) is 5.13. The molecule has 15 heavy (non-hydrogen) atoms. The van der Waals surface area contributed by atoms with E-state index in [9.17, 15) is 0 Å². The topological polar surface area (TPSA) is 26.0 Å². The Morgan fingerprint density at radius 2 is 2.07 bits per heavy atom. The van der Waals surface area contributed by atoms with Crippen LogP contribution >= 0.6 is 11.6 Å². The highest BCUT2D eigenvalue weighted by Gasteiger charge is 2.04. The van der Waals surface area contributed by atoms with E-state index in [0.717, 1.165) is 30.7 Å². The predicted molar refractivity (Wildman–Crippen MR) is 67.4 cm³/mol. The number of nitrogens with two attached hydrogens (primary N) is 1. The van der Waals surface area contributed by atoms with Crippen molar-refractivity contribution >= 4 is 11.6 Å². The zero-order chi connectivity index (χ0) is 11.3. The molecule has 0 spiro atoms. The zero-order valence-corrected chi connectivity index (χ0v) is 10.3. The van der Waals surface area contributed by atoms with E-state index in [-0.39, 0.29) is 0 Å². The molecule has 0 heterocycles. The van der Waals surface area contributed by atoms with Crippen LogP contribution in [-0.2, 0) is 6.42 Å². The number of aryl methyl sites for hydroxylation is 2. The van der Waals surface area contributed by atoms with Gasteiger partial charge in [-0.2, -0.15) is 0 Å². The zero-order valence-electron chi connectivity index (χ0n) is 9.59. The largest absolute Gasteiger partial charge is 0.328 e. The van der Waals surface area contributed by atoms with Crippen LogP contribution in [0, 0.1) is 6.92 Å². The molecule has 0 aromatic heterocycles. The number of halogens is 1. The molecule has 1 aromatic carbocycles. The van der Waals surface area contributed by atoms with Gasteiger partial charge in [-0.3, -0.25) is 0 Å². The first kappa shape index (κ1) is 12.5. The minimum Gasteiger partial charge on any atom is -0.328 e. The number of benzene rings is 1. The standard InChI is InChI=1S/C13H20ClN/c1-3-4-12(15)8-7-11-6-5-10(2)9-13(11)14/h5-6,9,12H,3-4,7-8,15H2,1-2H3. The third-order valence-corrected chi connectivity index (χ3v) is 3.00. The second-order valence-corrected chi connectivity index (χ2v) is 4.59. The summed E-state index contributed by atoms with van der Waals surface area (Å²) in [5.74, 6) is 0. The second-order valence-electron chi connectivity index (χ2n) is 4.18. The van der Waals surface area contributed by atoms with Gasteiger partial charge in [-0.1, -0.05) is 37.1 Å². The molecule has 0 saturated heterocycles. The summed E-state index contributed by atoms with van der Waals surface area (Å²) in [5, 5.41) is 0.874. The highest BCUT2D eigenvalue weighted by atomic mass is 35.5. The van der Waals surface area contributed by atoms with Gasteiger partial charge in [0.15, 0.2) is 0 Å². The van der Waals surface area contributed by atoms with Gasteiger partial charge >= 0.3 is 0 Å². The summed E-state index contributed by atoms with van der Waals surface area (Å²) in [6.45, 7) is 4.22. The summed E-state index contributed by atoms with van der Waals surface area (Å²) in [6.07, 6.45) is 4.27. The van der Waals surface area contributed by atoms with Gasteiger partial charge in [0.2, 0.25) is 0 Å². The lowest BCUT2D eigenvalue weighted by atomic mass is 10.0. The monoisotopic (exact) mass is 225 g/mol. The fraction of sp³-hybridized carbons (Fsp3) is 0.538. The van der Waals surface area contributed by atoms with Crippen LogP contribution in [0.4, 0.5) is 0 Å². The van der Waals surface area contributed by atoms with Crippen LogP contribution in [0.5, 0.6) is 0 Å². The van der Waals surface area contributed by atoms with Crippen LogP contribution in [0.2, 0.25) is 5.02 Å². The third kappa shape index (κ3) is 4.23. The van der Waals surface area contributed by atoms with Crippen LogP contribution in [-0.4, -0.2) is 6.04 Å². The van der Waals surface area contributed by atoms with Gasteiger partial charge in [-0.15, -0.1) is 0 Å². The number of hydrogen-bond donors (Lipinski definition) is 1. The Bertz CT molecular complexity index is 309. The summed E-state index contributed by atoms with van der Waals surface area (Å²) < 4.78 is 0. The molecule has 0 aliphatic carbocycles. The Morgan fingerprint density at radius 1 is 1.33 bits per heavy atom. The molecule has 84 valence electrons. The highest BCUT2D eigenvalue weighted by Crippen LogP contribution is 2.19. The predicted octanol–water partition coefficient (Wildman–Crippen LogP) is 3.71. The molecule has 0 radical (unpaired) electrons. The second kappa shape index (κ2) is 6.14. The van der Waals surface area contributed by atoms with Crippen LogP contribution in [0.3, 0.4) is 0 Å². The van der Waals surface area contributed by atoms with Gasteiger partial charge in [-0.05, 0) is 43.4 Å². The van der Waals surface area contributed by atoms with E-state index in [1.807, 2.05) is 6.07 Å². The molecule has 2 N–H and O–H groups in total. The lowest BCUT2D eigenvalue weighted by Gasteiger charge is -2.11.